The molecule has 2 rings (SSSR count). The number of nitrogens with zero attached hydrogens (tertiary/aromatic N) is 2. The van der Waals surface area contributed by atoms with Gasteiger partial charge in [0.1, 0.15) is 11.4 Å². The van der Waals surface area contributed by atoms with Gasteiger partial charge in [-0.05, 0) is 12.1 Å². The number of amides is 1. The minimum atomic E-state index is -0.433. The van der Waals surface area contributed by atoms with Crippen molar-refractivity contribution < 1.29 is 4.79 Å². The van der Waals surface area contributed by atoms with Crippen molar-refractivity contribution in [3.8, 4) is 0 Å². The van der Waals surface area contributed by atoms with Crippen LogP contribution in [0.25, 0.3) is 0 Å². The van der Waals surface area contributed by atoms with E-state index < -0.39 is 5.91 Å². The van der Waals surface area contributed by atoms with Gasteiger partial charge in [-0.2, -0.15) is 8.73 Å². The molecule has 1 heterocycles. The summed E-state index contributed by atoms with van der Waals surface area (Å²) in [5.41, 5.74) is 2.00. The van der Waals surface area contributed by atoms with Crippen molar-refractivity contribution in [2.45, 2.75) is 0 Å². The molecule has 1 aliphatic heterocycles. The number of carbonyl (C=O) groups excluding carboxylic acids is 1. The summed E-state index contributed by atoms with van der Waals surface area (Å²) in [5, 5.41) is 2.54. The van der Waals surface area contributed by atoms with Gasteiger partial charge in [-0.1, -0.05) is 24.2 Å². The predicted molar refractivity (Wildman–Crippen MR) is 61.6 cm³/mol. The molecule has 0 bridgehead atoms. The van der Waals surface area contributed by atoms with Crippen molar-refractivity contribution >= 4 is 45.9 Å². The third-order valence-electron chi connectivity index (χ3n) is 1.78. The zero-order valence-corrected chi connectivity index (χ0v) is 9.10. The number of benzene rings is 1. The van der Waals surface area contributed by atoms with Gasteiger partial charge in [0.25, 0.3) is 5.91 Å². The molecule has 1 aromatic rings. The number of fused-ring (bicyclic) bond motifs is 1. The molecule has 0 spiro atoms. The number of carbonyl (C=O) groups is 1. The highest BCUT2D eigenvalue weighted by Crippen LogP contribution is 2.38. The normalized spacial score (nSPS) is 11.8. The first-order chi connectivity index (χ1) is 7.18. The molecule has 1 N–H and O–H groups in total. The number of halogens is 1. The Morgan fingerprint density at radius 1 is 1.47 bits per heavy atom. The van der Waals surface area contributed by atoms with Crippen molar-refractivity contribution in [2.24, 2.45) is 8.73 Å². The van der Waals surface area contributed by atoms with E-state index in [1.54, 1.807) is 12.1 Å². The van der Waals surface area contributed by atoms with Crippen LogP contribution in [0.3, 0.4) is 0 Å². The van der Waals surface area contributed by atoms with Gasteiger partial charge in [-0.3, -0.25) is 4.79 Å². The molecule has 1 aromatic carbocycles. The van der Waals surface area contributed by atoms with Crippen LogP contribution in [0.1, 0.15) is 0 Å². The lowest BCUT2D eigenvalue weighted by Gasteiger charge is -2.05. The van der Waals surface area contributed by atoms with Crippen molar-refractivity contribution in [1.29, 1.82) is 0 Å². The molecule has 76 valence electrons. The van der Waals surface area contributed by atoms with Crippen molar-refractivity contribution in [1.82, 2.24) is 0 Å². The molecule has 0 radical (unpaired) electrons. The first-order valence-electron chi connectivity index (χ1n) is 4.05. The van der Waals surface area contributed by atoms with Gasteiger partial charge in [-0.25, -0.2) is 0 Å². The van der Waals surface area contributed by atoms with Crippen molar-refractivity contribution in [3.05, 3.63) is 29.8 Å². The monoisotopic (exact) mass is 239 g/mol. The van der Waals surface area contributed by atoms with E-state index in [2.05, 4.69) is 20.6 Å². The fourth-order valence-electron chi connectivity index (χ4n) is 1.10. The lowest BCUT2D eigenvalue weighted by Crippen LogP contribution is -2.10. The Balaban J connectivity index is 2.32. The summed E-state index contributed by atoms with van der Waals surface area (Å²) >= 11 is 6.56. The summed E-state index contributed by atoms with van der Waals surface area (Å²) in [7, 11) is 0. The van der Waals surface area contributed by atoms with E-state index in [0.717, 1.165) is 17.0 Å². The first kappa shape index (κ1) is 10.1. The van der Waals surface area contributed by atoms with Gasteiger partial charge in [0.2, 0.25) is 0 Å². The highest BCUT2D eigenvalue weighted by atomic mass is 35.5. The number of rotatable bonds is 2. The average molecular weight is 240 g/mol. The molecule has 0 aromatic heterocycles. The largest absolute Gasteiger partial charge is 0.319 e. The first-order valence-corrected chi connectivity index (χ1v) is 5.16. The molecule has 4 nitrogen and oxygen atoms in total. The fourth-order valence-corrected chi connectivity index (χ4v) is 1.69. The molecule has 6 heteroatoms. The van der Waals surface area contributed by atoms with Crippen LogP contribution < -0.4 is 5.32 Å². The maximum atomic E-state index is 11.3. The van der Waals surface area contributed by atoms with E-state index in [4.69, 9.17) is 11.6 Å². The summed E-state index contributed by atoms with van der Waals surface area (Å²) in [6.45, 7) is 3.34. The molecule has 15 heavy (non-hydrogen) atoms. The van der Waals surface area contributed by atoms with Crippen molar-refractivity contribution in [2.75, 3.05) is 5.32 Å². The summed E-state index contributed by atoms with van der Waals surface area (Å²) in [6.07, 6.45) is 0. The van der Waals surface area contributed by atoms with Crippen LogP contribution in [-0.4, -0.2) is 5.91 Å². The minimum absolute atomic E-state index is 0.0600. The lowest BCUT2D eigenvalue weighted by atomic mass is 10.2. The molecule has 0 saturated carbocycles. The van der Waals surface area contributed by atoms with Crippen molar-refractivity contribution in [3.63, 3.8) is 0 Å². The van der Waals surface area contributed by atoms with Gasteiger partial charge in [0, 0.05) is 0 Å². The Morgan fingerprint density at radius 2 is 2.27 bits per heavy atom. The second-order valence-electron chi connectivity index (χ2n) is 2.80. The topological polar surface area (TPSA) is 53.8 Å². The zero-order valence-electron chi connectivity index (χ0n) is 7.53. The maximum absolute atomic E-state index is 11.3. The zero-order chi connectivity index (χ0) is 10.8. The molecule has 0 saturated heterocycles. The Labute approximate surface area is 94.8 Å². The van der Waals surface area contributed by atoms with Crippen LogP contribution >= 0.6 is 11.6 Å². The van der Waals surface area contributed by atoms with Gasteiger partial charge >= 0.3 is 0 Å². The Bertz CT molecular complexity index is 520. The van der Waals surface area contributed by atoms with Crippen LogP contribution in [0, 0.1) is 0 Å². The second kappa shape index (κ2) is 3.96. The third-order valence-corrected chi connectivity index (χ3v) is 2.49. The highest BCUT2D eigenvalue weighted by molar-refractivity contribution is 7.58. The summed E-state index contributed by atoms with van der Waals surface area (Å²) < 4.78 is 8.13. The van der Waals surface area contributed by atoms with Crippen LogP contribution in [0.2, 0.25) is 0 Å². The third kappa shape index (κ3) is 1.98. The van der Waals surface area contributed by atoms with E-state index in [9.17, 15) is 4.79 Å². The van der Waals surface area contributed by atoms with Crippen LogP contribution in [0.15, 0.2) is 38.5 Å². The smallest absolute Gasteiger partial charge is 0.266 e. The maximum Gasteiger partial charge on any atom is 0.266 e. The number of hydrogen-bond donors (Lipinski definition) is 1. The van der Waals surface area contributed by atoms with Crippen LogP contribution in [0.4, 0.5) is 17.1 Å². The summed E-state index contributed by atoms with van der Waals surface area (Å²) in [6, 6.07) is 5.35. The molecule has 0 aliphatic carbocycles. The van der Waals surface area contributed by atoms with E-state index in [1.807, 2.05) is 6.07 Å². The molecule has 0 unspecified atom stereocenters. The molecule has 0 atom stereocenters. The fraction of sp³-hybridized carbons (Fsp3) is 0. The Kier molecular flexibility index (Phi) is 2.66. The molecular formula is C9H6ClN3OS. The quantitative estimate of drug-likeness (QED) is 0.805. The Morgan fingerprint density at radius 3 is 3.00 bits per heavy atom. The van der Waals surface area contributed by atoms with E-state index in [-0.39, 0.29) is 5.03 Å². The highest BCUT2D eigenvalue weighted by Gasteiger charge is 2.13. The van der Waals surface area contributed by atoms with Gasteiger partial charge in [0.15, 0.2) is 0 Å². The van der Waals surface area contributed by atoms with E-state index in [1.165, 1.54) is 0 Å². The van der Waals surface area contributed by atoms with Gasteiger partial charge < -0.3 is 5.32 Å². The average Bonchev–Trinajstić information content (AvgIpc) is 2.66. The SMILES string of the molecule is C=C(Cl)C(=O)Nc1cccc2c1N=S=N2. The second-order valence-corrected chi connectivity index (χ2v) is 3.78. The van der Waals surface area contributed by atoms with Gasteiger partial charge in [-0.15, -0.1) is 0 Å². The predicted octanol–water partition coefficient (Wildman–Crippen LogP) is 3.10. The van der Waals surface area contributed by atoms with E-state index in [0.29, 0.717) is 11.4 Å². The van der Waals surface area contributed by atoms with Gasteiger partial charge in [0.05, 0.1) is 22.1 Å². The summed E-state index contributed by atoms with van der Waals surface area (Å²) in [5.74, 6) is -0.433. The lowest BCUT2D eigenvalue weighted by molar-refractivity contribution is -0.112. The Hall–Kier alpha value is -1.46. The minimum Gasteiger partial charge on any atom is -0.319 e. The number of nitrogens with one attached hydrogen (secondary N) is 1. The molecule has 0 fully saturated rings. The standard InChI is InChI=1S/C9H6ClN3OS/c1-5(10)9(14)11-6-3-2-4-7-8(6)13-15-12-7/h2-4H,1H2,(H,11,14). The number of anilines is 1. The number of hydrogen-bond acceptors (Lipinski definition) is 3. The van der Waals surface area contributed by atoms with Crippen LogP contribution in [-0.2, 0) is 16.1 Å². The molecular weight excluding hydrogens is 234 g/mol. The van der Waals surface area contributed by atoms with E-state index >= 15 is 0 Å². The molecule has 1 aliphatic rings. The molecule has 1 amide bonds. The van der Waals surface area contributed by atoms with Crippen LogP contribution in [0.5, 0.6) is 0 Å². The summed E-state index contributed by atoms with van der Waals surface area (Å²) in [4.78, 5) is 11.3.